The number of anilines is 1. The Morgan fingerprint density at radius 3 is 2.08 bits per heavy atom. The van der Waals surface area contributed by atoms with Crippen LogP contribution in [0, 0.1) is 0 Å². The lowest BCUT2D eigenvalue weighted by molar-refractivity contribution is -0.143. The van der Waals surface area contributed by atoms with E-state index < -0.39 is 5.54 Å². The smallest absolute Gasteiger partial charge is 0.250 e. The van der Waals surface area contributed by atoms with Crippen molar-refractivity contribution in [1.82, 2.24) is 14.7 Å². The second-order valence-corrected chi connectivity index (χ2v) is 9.89. The Hall–Kier alpha value is -3.39. The number of para-hydroxylation sites is 1. The molecule has 1 spiro atoms. The molecule has 0 unspecified atom stereocenters. The molecule has 5 rings (SSSR count). The zero-order chi connectivity index (χ0) is 25.0. The lowest BCUT2D eigenvalue weighted by Gasteiger charge is -2.43. The first-order chi connectivity index (χ1) is 17.6. The maximum absolute atomic E-state index is 13.8. The van der Waals surface area contributed by atoms with Crippen LogP contribution < -0.4 is 4.90 Å². The summed E-state index contributed by atoms with van der Waals surface area (Å²) in [4.78, 5) is 47.0. The van der Waals surface area contributed by atoms with E-state index in [0.29, 0.717) is 39.2 Å². The van der Waals surface area contributed by atoms with Gasteiger partial charge in [0.25, 0.3) is 5.91 Å². The average Bonchev–Trinajstić information content (AvgIpc) is 3.54. The van der Waals surface area contributed by atoms with Crippen LogP contribution in [-0.2, 0) is 25.7 Å². The molecule has 0 atom stereocenters. The van der Waals surface area contributed by atoms with Gasteiger partial charge in [-0.15, -0.1) is 0 Å². The first-order valence-electron chi connectivity index (χ1n) is 12.9. The van der Waals surface area contributed by atoms with Gasteiger partial charge in [0.2, 0.25) is 11.8 Å². The van der Waals surface area contributed by atoms with Crippen molar-refractivity contribution in [3.8, 4) is 0 Å². The highest BCUT2D eigenvalue weighted by atomic mass is 16.5. The minimum absolute atomic E-state index is 0.00803. The number of benzene rings is 2. The highest BCUT2D eigenvalue weighted by Crippen LogP contribution is 2.39. The molecule has 190 valence electrons. The Morgan fingerprint density at radius 1 is 0.806 bits per heavy atom. The van der Waals surface area contributed by atoms with Gasteiger partial charge >= 0.3 is 0 Å². The quantitative estimate of drug-likeness (QED) is 0.596. The molecule has 0 aliphatic carbocycles. The molecular formula is C28H34N4O4. The van der Waals surface area contributed by atoms with Crippen LogP contribution in [0.5, 0.6) is 0 Å². The predicted molar refractivity (Wildman–Crippen MR) is 136 cm³/mol. The van der Waals surface area contributed by atoms with Crippen LogP contribution in [-0.4, -0.2) is 84.0 Å². The van der Waals surface area contributed by atoms with Crippen LogP contribution in [0.25, 0.3) is 0 Å². The van der Waals surface area contributed by atoms with Crippen LogP contribution >= 0.6 is 0 Å². The van der Waals surface area contributed by atoms with E-state index in [1.807, 2.05) is 65.6 Å². The number of hydrogen-bond acceptors (Lipinski definition) is 5. The van der Waals surface area contributed by atoms with E-state index in [2.05, 4.69) is 4.90 Å². The fourth-order valence-electron chi connectivity index (χ4n) is 5.60. The number of amides is 3. The number of carbonyl (C=O) groups excluding carboxylic acids is 3. The summed E-state index contributed by atoms with van der Waals surface area (Å²) in [6.45, 7) is 3.43. The van der Waals surface area contributed by atoms with Gasteiger partial charge in [0, 0.05) is 31.9 Å². The summed E-state index contributed by atoms with van der Waals surface area (Å²) in [6.07, 6.45) is 3.11. The van der Waals surface area contributed by atoms with Gasteiger partial charge in [0.15, 0.2) is 0 Å². The second-order valence-electron chi connectivity index (χ2n) is 9.89. The fourth-order valence-corrected chi connectivity index (χ4v) is 5.60. The molecule has 0 aromatic heterocycles. The maximum atomic E-state index is 13.8. The van der Waals surface area contributed by atoms with Crippen molar-refractivity contribution in [1.29, 1.82) is 0 Å². The van der Waals surface area contributed by atoms with E-state index in [1.165, 1.54) is 0 Å². The number of rotatable bonds is 7. The zero-order valence-corrected chi connectivity index (χ0v) is 20.7. The minimum atomic E-state index is -0.742. The lowest BCUT2D eigenvalue weighted by atomic mass is 9.85. The Morgan fingerprint density at radius 2 is 1.42 bits per heavy atom. The summed E-state index contributed by atoms with van der Waals surface area (Å²) in [5.74, 6) is -0.0426. The van der Waals surface area contributed by atoms with E-state index in [0.717, 1.165) is 37.2 Å². The van der Waals surface area contributed by atoms with Gasteiger partial charge in [0.1, 0.15) is 18.7 Å². The van der Waals surface area contributed by atoms with Crippen molar-refractivity contribution in [3.63, 3.8) is 0 Å². The highest BCUT2D eigenvalue weighted by molar-refractivity contribution is 5.96. The molecular weight excluding hydrogens is 456 g/mol. The Bertz CT molecular complexity index is 1060. The molecule has 36 heavy (non-hydrogen) atoms. The van der Waals surface area contributed by atoms with E-state index in [-0.39, 0.29) is 30.9 Å². The molecule has 2 aromatic carbocycles. The predicted octanol–water partition coefficient (Wildman–Crippen LogP) is 2.49. The summed E-state index contributed by atoms with van der Waals surface area (Å²) in [5.41, 5.74) is 1.25. The van der Waals surface area contributed by atoms with Gasteiger partial charge in [-0.05, 0) is 43.4 Å². The van der Waals surface area contributed by atoms with Gasteiger partial charge in [-0.2, -0.15) is 0 Å². The molecule has 0 bridgehead atoms. The molecule has 0 radical (unpaired) electrons. The molecule has 0 saturated carbocycles. The van der Waals surface area contributed by atoms with Crippen LogP contribution in [0.15, 0.2) is 60.7 Å². The summed E-state index contributed by atoms with van der Waals surface area (Å²) in [7, 11) is 0. The fraction of sp³-hybridized carbons (Fsp3) is 0.464. The zero-order valence-electron chi connectivity index (χ0n) is 20.7. The molecule has 2 aromatic rings. The largest absolute Gasteiger partial charge is 0.367 e. The first-order valence-corrected chi connectivity index (χ1v) is 12.9. The number of likely N-dealkylation sites (tertiary alicyclic amines) is 2. The van der Waals surface area contributed by atoms with Crippen molar-refractivity contribution in [2.75, 3.05) is 50.9 Å². The monoisotopic (exact) mass is 490 g/mol. The summed E-state index contributed by atoms with van der Waals surface area (Å²) in [6, 6.07) is 19.7. The molecule has 3 fully saturated rings. The van der Waals surface area contributed by atoms with Gasteiger partial charge in [0.05, 0.1) is 13.3 Å². The number of hydrogen-bond donors (Lipinski definition) is 0. The van der Waals surface area contributed by atoms with Crippen molar-refractivity contribution in [2.24, 2.45) is 0 Å². The van der Waals surface area contributed by atoms with Gasteiger partial charge in [-0.25, -0.2) is 0 Å². The average molecular weight is 491 g/mol. The van der Waals surface area contributed by atoms with Crippen molar-refractivity contribution >= 4 is 23.4 Å². The number of nitrogens with zero attached hydrogens (tertiary/aromatic N) is 4. The van der Waals surface area contributed by atoms with Crippen LogP contribution in [0.2, 0.25) is 0 Å². The number of ether oxygens (including phenoxy) is 1. The van der Waals surface area contributed by atoms with E-state index in [1.54, 1.807) is 9.80 Å². The summed E-state index contributed by atoms with van der Waals surface area (Å²) in [5, 5.41) is 0. The molecule has 3 aliphatic rings. The minimum Gasteiger partial charge on any atom is -0.367 e. The third-order valence-electron chi connectivity index (χ3n) is 7.65. The SMILES string of the molecule is O=C(COCc1ccccc1)N1CCC2(CC1)C(=O)N(CC(=O)N1CCCC1)CN2c1ccccc1. The Balaban J connectivity index is 1.24. The number of carbonyl (C=O) groups is 3. The van der Waals surface area contributed by atoms with Crippen molar-refractivity contribution in [3.05, 3.63) is 66.2 Å². The Labute approximate surface area is 212 Å². The van der Waals surface area contributed by atoms with Crippen molar-refractivity contribution < 1.29 is 19.1 Å². The third-order valence-corrected chi connectivity index (χ3v) is 7.65. The molecule has 8 heteroatoms. The van der Waals surface area contributed by atoms with Crippen LogP contribution in [0.3, 0.4) is 0 Å². The number of piperidine rings is 1. The summed E-state index contributed by atoms with van der Waals surface area (Å²) < 4.78 is 5.65. The standard InChI is InChI=1S/C28H34N4O4/c33-25(29-15-7-8-16-29)19-31-22-32(24-11-5-2-6-12-24)28(27(31)35)13-17-30(18-14-28)26(34)21-36-20-23-9-3-1-4-10-23/h1-6,9-12H,7-8,13-22H2. The molecule has 8 nitrogen and oxygen atoms in total. The lowest BCUT2D eigenvalue weighted by Crippen LogP contribution is -2.57. The van der Waals surface area contributed by atoms with Gasteiger partial charge in [-0.1, -0.05) is 48.5 Å². The second kappa shape index (κ2) is 10.7. The highest BCUT2D eigenvalue weighted by Gasteiger charge is 2.54. The van der Waals surface area contributed by atoms with Crippen LogP contribution in [0.4, 0.5) is 5.69 Å². The van der Waals surface area contributed by atoms with E-state index in [4.69, 9.17) is 4.74 Å². The molecule has 3 saturated heterocycles. The van der Waals surface area contributed by atoms with E-state index in [9.17, 15) is 14.4 Å². The Kier molecular flexibility index (Phi) is 7.23. The normalized spacial score (nSPS) is 19.4. The molecule has 0 N–H and O–H groups in total. The van der Waals surface area contributed by atoms with Crippen LogP contribution in [0.1, 0.15) is 31.2 Å². The first kappa shape index (κ1) is 24.3. The molecule has 3 heterocycles. The molecule has 3 aliphatic heterocycles. The van der Waals surface area contributed by atoms with Gasteiger partial charge in [-0.3, -0.25) is 14.4 Å². The van der Waals surface area contributed by atoms with Crippen molar-refractivity contribution in [2.45, 2.75) is 37.8 Å². The third kappa shape index (κ3) is 4.95. The molecule has 3 amide bonds. The van der Waals surface area contributed by atoms with Gasteiger partial charge < -0.3 is 24.3 Å². The van der Waals surface area contributed by atoms with E-state index >= 15 is 0 Å². The topological polar surface area (TPSA) is 73.4 Å². The maximum Gasteiger partial charge on any atom is 0.250 e. The summed E-state index contributed by atoms with van der Waals surface area (Å²) >= 11 is 0.